The molecule has 106 valence electrons. The smallest absolute Gasteiger partial charge is 0.258 e. The summed E-state index contributed by atoms with van der Waals surface area (Å²) in [6.07, 6.45) is 2.77. The highest BCUT2D eigenvalue weighted by molar-refractivity contribution is 9.10. The molecule has 2 amide bonds. The van der Waals surface area contributed by atoms with Gasteiger partial charge in [-0.25, -0.2) is 4.98 Å². The Morgan fingerprint density at radius 2 is 2.14 bits per heavy atom. The van der Waals surface area contributed by atoms with Crippen LogP contribution in [0.2, 0.25) is 0 Å². The molecule has 6 heteroatoms. The van der Waals surface area contributed by atoms with E-state index in [2.05, 4.69) is 31.5 Å². The van der Waals surface area contributed by atoms with E-state index in [9.17, 15) is 9.59 Å². The van der Waals surface area contributed by atoms with Gasteiger partial charge in [-0.2, -0.15) is 0 Å². The van der Waals surface area contributed by atoms with Crippen molar-refractivity contribution < 1.29 is 9.59 Å². The van der Waals surface area contributed by atoms with Crippen LogP contribution in [0.1, 0.15) is 22.3 Å². The molecule has 1 aliphatic rings. The van der Waals surface area contributed by atoms with E-state index in [-0.39, 0.29) is 11.8 Å². The fourth-order valence-corrected chi connectivity index (χ4v) is 2.65. The second-order valence-electron chi connectivity index (χ2n) is 4.72. The number of pyridine rings is 1. The average molecular weight is 346 g/mol. The molecule has 1 aromatic heterocycles. The lowest BCUT2D eigenvalue weighted by molar-refractivity contribution is -0.116. The first kappa shape index (κ1) is 13.8. The summed E-state index contributed by atoms with van der Waals surface area (Å²) in [6.45, 7) is 0. The van der Waals surface area contributed by atoms with Crippen molar-refractivity contribution in [2.45, 2.75) is 12.8 Å². The molecule has 5 nitrogen and oxygen atoms in total. The van der Waals surface area contributed by atoms with Crippen LogP contribution in [-0.2, 0) is 11.2 Å². The summed E-state index contributed by atoms with van der Waals surface area (Å²) in [5.41, 5.74) is 3.01. The summed E-state index contributed by atoms with van der Waals surface area (Å²) in [5, 5.41) is 5.65. The molecule has 0 saturated carbocycles. The molecule has 3 rings (SSSR count). The number of aromatic nitrogens is 1. The molecular formula is C15H12BrN3O2. The number of nitrogens with one attached hydrogen (secondary N) is 2. The Hall–Kier alpha value is -2.21. The van der Waals surface area contributed by atoms with Crippen molar-refractivity contribution in [3.8, 4) is 0 Å². The lowest BCUT2D eigenvalue weighted by Gasteiger charge is -2.17. The van der Waals surface area contributed by atoms with Gasteiger partial charge in [-0.15, -0.1) is 0 Å². The first-order valence-electron chi connectivity index (χ1n) is 6.48. The summed E-state index contributed by atoms with van der Waals surface area (Å²) in [6, 6.07) is 8.87. The number of fused-ring (bicyclic) bond motifs is 1. The number of anilines is 2. The first-order valence-corrected chi connectivity index (χ1v) is 7.27. The number of rotatable bonds is 2. The van der Waals surface area contributed by atoms with Gasteiger partial charge in [0.15, 0.2) is 0 Å². The number of nitrogens with zero attached hydrogens (tertiary/aromatic N) is 1. The third kappa shape index (κ3) is 2.95. The fourth-order valence-electron chi connectivity index (χ4n) is 2.21. The maximum atomic E-state index is 12.2. The molecule has 21 heavy (non-hydrogen) atoms. The SMILES string of the molecule is O=C1CCc2cc(NC(=O)c3cccnc3Br)ccc2N1. The minimum absolute atomic E-state index is 0.0265. The summed E-state index contributed by atoms with van der Waals surface area (Å²) in [4.78, 5) is 27.6. The van der Waals surface area contributed by atoms with E-state index in [0.29, 0.717) is 28.7 Å². The summed E-state index contributed by atoms with van der Waals surface area (Å²) in [7, 11) is 0. The molecule has 2 aromatic rings. The van der Waals surface area contributed by atoms with Crippen LogP contribution in [-0.4, -0.2) is 16.8 Å². The molecule has 2 heterocycles. The number of hydrogen-bond acceptors (Lipinski definition) is 3. The third-order valence-electron chi connectivity index (χ3n) is 3.26. The normalized spacial score (nSPS) is 13.3. The van der Waals surface area contributed by atoms with Gasteiger partial charge < -0.3 is 10.6 Å². The minimum Gasteiger partial charge on any atom is -0.326 e. The van der Waals surface area contributed by atoms with Crippen LogP contribution in [0.4, 0.5) is 11.4 Å². The third-order valence-corrected chi connectivity index (χ3v) is 3.89. The van der Waals surface area contributed by atoms with Crippen LogP contribution in [0.5, 0.6) is 0 Å². The summed E-state index contributed by atoms with van der Waals surface area (Å²) >= 11 is 3.26. The maximum Gasteiger partial charge on any atom is 0.258 e. The van der Waals surface area contributed by atoms with E-state index in [4.69, 9.17) is 0 Å². The molecule has 1 aromatic carbocycles. The standard InChI is InChI=1S/C15H12BrN3O2/c16-14-11(2-1-7-17-14)15(21)18-10-4-5-12-9(8-10)3-6-13(20)19-12/h1-2,4-5,7-8H,3,6H2,(H,18,21)(H,19,20). The van der Waals surface area contributed by atoms with Crippen molar-refractivity contribution in [3.63, 3.8) is 0 Å². The molecule has 1 aliphatic heterocycles. The lowest BCUT2D eigenvalue weighted by atomic mass is 10.0. The number of halogens is 1. The molecule has 0 atom stereocenters. The number of benzene rings is 1. The molecule has 2 N–H and O–H groups in total. The van der Waals surface area contributed by atoms with Gasteiger partial charge in [0.25, 0.3) is 5.91 Å². The van der Waals surface area contributed by atoms with Gasteiger partial charge in [-0.05, 0) is 58.2 Å². The predicted molar refractivity (Wildman–Crippen MR) is 83.3 cm³/mol. The highest BCUT2D eigenvalue weighted by Gasteiger charge is 2.16. The zero-order valence-corrected chi connectivity index (χ0v) is 12.6. The largest absolute Gasteiger partial charge is 0.326 e. The van der Waals surface area contributed by atoms with Crippen LogP contribution in [0.15, 0.2) is 41.1 Å². The molecule has 0 radical (unpaired) electrons. The Morgan fingerprint density at radius 3 is 2.95 bits per heavy atom. The number of aryl methyl sites for hydroxylation is 1. The zero-order chi connectivity index (χ0) is 14.8. The number of carbonyl (C=O) groups is 2. The van der Waals surface area contributed by atoms with E-state index >= 15 is 0 Å². The van der Waals surface area contributed by atoms with Crippen molar-refractivity contribution in [1.82, 2.24) is 4.98 Å². The summed E-state index contributed by atoms with van der Waals surface area (Å²) < 4.78 is 0.507. The van der Waals surface area contributed by atoms with E-state index in [1.54, 1.807) is 30.5 Å². The average Bonchev–Trinajstić information content (AvgIpc) is 2.48. The molecule has 0 bridgehead atoms. The molecule has 0 saturated heterocycles. The van der Waals surface area contributed by atoms with Crippen molar-refractivity contribution in [2.75, 3.05) is 10.6 Å². The van der Waals surface area contributed by atoms with E-state index in [0.717, 1.165) is 11.3 Å². The molecular weight excluding hydrogens is 334 g/mol. The van der Waals surface area contributed by atoms with E-state index < -0.39 is 0 Å². The second kappa shape index (κ2) is 5.65. The monoisotopic (exact) mass is 345 g/mol. The van der Waals surface area contributed by atoms with Crippen molar-refractivity contribution in [3.05, 3.63) is 52.3 Å². The van der Waals surface area contributed by atoms with E-state index in [1.165, 1.54) is 0 Å². The maximum absolute atomic E-state index is 12.2. The predicted octanol–water partition coefficient (Wildman–Crippen LogP) is 2.98. The van der Waals surface area contributed by atoms with Crippen LogP contribution in [0, 0.1) is 0 Å². The van der Waals surface area contributed by atoms with Gasteiger partial charge >= 0.3 is 0 Å². The van der Waals surface area contributed by atoms with Gasteiger partial charge in [-0.1, -0.05) is 0 Å². The Balaban J connectivity index is 1.81. The van der Waals surface area contributed by atoms with Gasteiger partial charge in [0.2, 0.25) is 5.91 Å². The number of amides is 2. The van der Waals surface area contributed by atoms with Crippen molar-refractivity contribution in [2.24, 2.45) is 0 Å². The lowest BCUT2D eigenvalue weighted by Crippen LogP contribution is -2.19. The highest BCUT2D eigenvalue weighted by Crippen LogP contribution is 2.26. The zero-order valence-electron chi connectivity index (χ0n) is 11.0. The van der Waals surface area contributed by atoms with Crippen LogP contribution in [0.25, 0.3) is 0 Å². The summed E-state index contributed by atoms with van der Waals surface area (Å²) in [5.74, 6) is -0.201. The van der Waals surface area contributed by atoms with E-state index in [1.807, 2.05) is 6.07 Å². The Labute approximate surface area is 129 Å². The minimum atomic E-state index is -0.227. The second-order valence-corrected chi connectivity index (χ2v) is 5.47. The first-order chi connectivity index (χ1) is 10.1. The van der Waals surface area contributed by atoms with Gasteiger partial charge in [0.1, 0.15) is 4.60 Å². The molecule has 0 aliphatic carbocycles. The van der Waals surface area contributed by atoms with Crippen LogP contribution in [0.3, 0.4) is 0 Å². The highest BCUT2D eigenvalue weighted by atomic mass is 79.9. The van der Waals surface area contributed by atoms with Crippen LogP contribution >= 0.6 is 15.9 Å². The van der Waals surface area contributed by atoms with Gasteiger partial charge in [0.05, 0.1) is 5.56 Å². The molecule has 0 spiro atoms. The Kier molecular flexibility index (Phi) is 3.70. The Morgan fingerprint density at radius 1 is 1.29 bits per heavy atom. The van der Waals surface area contributed by atoms with Crippen molar-refractivity contribution >= 4 is 39.1 Å². The molecule has 0 fully saturated rings. The van der Waals surface area contributed by atoms with Gasteiger partial charge in [0, 0.05) is 24.0 Å². The molecule has 0 unspecified atom stereocenters. The quantitative estimate of drug-likeness (QED) is 0.822. The van der Waals surface area contributed by atoms with Crippen LogP contribution < -0.4 is 10.6 Å². The van der Waals surface area contributed by atoms with Gasteiger partial charge in [-0.3, -0.25) is 9.59 Å². The number of hydrogen-bond donors (Lipinski definition) is 2. The number of carbonyl (C=O) groups excluding carboxylic acids is 2. The topological polar surface area (TPSA) is 71.1 Å². The fraction of sp³-hybridized carbons (Fsp3) is 0.133. The Bertz CT molecular complexity index is 731. The van der Waals surface area contributed by atoms with Crippen molar-refractivity contribution in [1.29, 1.82) is 0 Å².